The van der Waals surface area contributed by atoms with Crippen molar-refractivity contribution in [3.63, 3.8) is 0 Å². The fraction of sp³-hybridized carbons (Fsp3) is 0.714. The van der Waals surface area contributed by atoms with E-state index >= 15 is 0 Å². The van der Waals surface area contributed by atoms with Crippen LogP contribution >= 0.6 is 27.3 Å². The van der Waals surface area contributed by atoms with Crippen molar-refractivity contribution in [1.82, 2.24) is 4.90 Å². The number of rotatable bonds is 3. The van der Waals surface area contributed by atoms with Crippen molar-refractivity contribution in [3.8, 4) is 0 Å². The molecule has 3 atom stereocenters. The van der Waals surface area contributed by atoms with Crippen LogP contribution in [-0.2, 0) is 6.54 Å². The Morgan fingerprint density at radius 1 is 1.33 bits per heavy atom. The first-order valence-electron chi connectivity index (χ1n) is 6.89. The van der Waals surface area contributed by atoms with Gasteiger partial charge in [0.15, 0.2) is 0 Å². The molecule has 1 saturated heterocycles. The molecule has 0 amide bonds. The van der Waals surface area contributed by atoms with Gasteiger partial charge in [0.25, 0.3) is 0 Å². The van der Waals surface area contributed by atoms with Crippen LogP contribution in [0.2, 0.25) is 0 Å². The van der Waals surface area contributed by atoms with Crippen LogP contribution in [0.25, 0.3) is 0 Å². The van der Waals surface area contributed by atoms with Gasteiger partial charge in [-0.15, -0.1) is 11.3 Å². The predicted octanol–water partition coefficient (Wildman–Crippen LogP) is 3.64. The van der Waals surface area contributed by atoms with E-state index in [-0.39, 0.29) is 6.10 Å². The number of aliphatic hydroxyl groups excluding tert-OH is 1. The van der Waals surface area contributed by atoms with Crippen LogP contribution in [0.1, 0.15) is 37.0 Å². The zero-order valence-electron chi connectivity index (χ0n) is 10.5. The van der Waals surface area contributed by atoms with Crippen molar-refractivity contribution in [3.05, 3.63) is 20.8 Å². The molecule has 2 fully saturated rings. The molecular formula is C14H20BrNOS. The molecule has 1 N–H and O–H groups in total. The number of hydrogen-bond donors (Lipinski definition) is 1. The van der Waals surface area contributed by atoms with E-state index in [4.69, 9.17) is 0 Å². The highest BCUT2D eigenvalue weighted by Gasteiger charge is 2.38. The van der Waals surface area contributed by atoms with Gasteiger partial charge in [0.2, 0.25) is 0 Å². The molecule has 4 heteroatoms. The lowest BCUT2D eigenvalue weighted by Crippen LogP contribution is -2.38. The van der Waals surface area contributed by atoms with Crippen molar-refractivity contribution in [2.75, 3.05) is 6.54 Å². The first-order chi connectivity index (χ1) is 8.74. The minimum Gasteiger partial charge on any atom is -0.393 e. The monoisotopic (exact) mass is 329 g/mol. The van der Waals surface area contributed by atoms with Crippen molar-refractivity contribution in [2.45, 2.75) is 50.8 Å². The molecule has 3 rings (SSSR count). The second kappa shape index (κ2) is 5.61. The highest BCUT2D eigenvalue weighted by atomic mass is 79.9. The van der Waals surface area contributed by atoms with Crippen LogP contribution in [0.3, 0.4) is 0 Å². The second-order valence-corrected chi connectivity index (χ2v) is 7.48. The SMILES string of the molecule is OC1CCCC1C1CCCN1Cc1cc(Br)cs1. The van der Waals surface area contributed by atoms with Gasteiger partial charge in [-0.05, 0) is 54.2 Å². The van der Waals surface area contributed by atoms with Gasteiger partial charge in [-0.2, -0.15) is 0 Å². The van der Waals surface area contributed by atoms with E-state index < -0.39 is 0 Å². The molecule has 1 aliphatic heterocycles. The van der Waals surface area contributed by atoms with E-state index in [1.165, 1.54) is 41.6 Å². The maximum Gasteiger partial charge on any atom is 0.0583 e. The van der Waals surface area contributed by atoms with Gasteiger partial charge in [-0.3, -0.25) is 4.90 Å². The summed E-state index contributed by atoms with van der Waals surface area (Å²) < 4.78 is 1.19. The van der Waals surface area contributed by atoms with Crippen LogP contribution in [0, 0.1) is 5.92 Å². The second-order valence-electron chi connectivity index (χ2n) is 5.57. The number of hydrogen-bond acceptors (Lipinski definition) is 3. The Hall–Kier alpha value is 0.1000. The summed E-state index contributed by atoms with van der Waals surface area (Å²) in [6, 6.07) is 2.84. The van der Waals surface area contributed by atoms with E-state index in [9.17, 15) is 5.11 Å². The molecule has 0 aromatic carbocycles. The van der Waals surface area contributed by atoms with Crippen LogP contribution in [0.5, 0.6) is 0 Å². The lowest BCUT2D eigenvalue weighted by Gasteiger charge is -2.30. The van der Waals surface area contributed by atoms with Gasteiger partial charge in [-0.25, -0.2) is 0 Å². The summed E-state index contributed by atoms with van der Waals surface area (Å²) in [6.07, 6.45) is 5.96. The van der Waals surface area contributed by atoms with Gasteiger partial charge in [0, 0.05) is 33.2 Å². The zero-order valence-corrected chi connectivity index (χ0v) is 12.9. The largest absolute Gasteiger partial charge is 0.393 e. The summed E-state index contributed by atoms with van der Waals surface area (Å²) in [5.41, 5.74) is 0. The molecule has 1 aromatic heterocycles. The van der Waals surface area contributed by atoms with Crippen molar-refractivity contribution in [1.29, 1.82) is 0 Å². The topological polar surface area (TPSA) is 23.5 Å². The van der Waals surface area contributed by atoms with Gasteiger partial charge >= 0.3 is 0 Å². The molecule has 2 nitrogen and oxygen atoms in total. The lowest BCUT2D eigenvalue weighted by molar-refractivity contribution is 0.0722. The summed E-state index contributed by atoms with van der Waals surface area (Å²) in [4.78, 5) is 4.03. The van der Waals surface area contributed by atoms with E-state index in [0.717, 1.165) is 13.0 Å². The molecule has 2 heterocycles. The molecular weight excluding hydrogens is 310 g/mol. The molecule has 100 valence electrons. The number of likely N-dealkylation sites (tertiary alicyclic amines) is 1. The Morgan fingerprint density at radius 2 is 2.22 bits per heavy atom. The minimum atomic E-state index is -0.0503. The highest BCUT2D eigenvalue weighted by Crippen LogP contribution is 2.37. The molecule has 1 aliphatic carbocycles. The molecule has 0 radical (unpaired) electrons. The number of aliphatic hydroxyl groups is 1. The van der Waals surface area contributed by atoms with E-state index in [0.29, 0.717) is 12.0 Å². The minimum absolute atomic E-state index is 0.0503. The Labute approximate surface area is 121 Å². The normalized spacial score (nSPS) is 33.3. The quantitative estimate of drug-likeness (QED) is 0.915. The third-order valence-corrected chi connectivity index (χ3v) is 6.10. The van der Waals surface area contributed by atoms with Gasteiger partial charge < -0.3 is 5.11 Å². The molecule has 2 aliphatic rings. The summed E-state index contributed by atoms with van der Waals surface area (Å²) in [7, 11) is 0. The van der Waals surface area contributed by atoms with Gasteiger partial charge in [0.1, 0.15) is 0 Å². The van der Waals surface area contributed by atoms with Crippen molar-refractivity contribution < 1.29 is 5.11 Å². The van der Waals surface area contributed by atoms with Crippen molar-refractivity contribution in [2.24, 2.45) is 5.92 Å². The molecule has 0 bridgehead atoms. The van der Waals surface area contributed by atoms with Crippen LogP contribution < -0.4 is 0 Å². The molecule has 18 heavy (non-hydrogen) atoms. The fourth-order valence-corrected chi connectivity index (χ4v) is 5.06. The highest BCUT2D eigenvalue weighted by molar-refractivity contribution is 9.10. The number of nitrogens with zero attached hydrogens (tertiary/aromatic N) is 1. The molecule has 1 aromatic rings. The third kappa shape index (κ3) is 2.67. The molecule has 1 saturated carbocycles. The van der Waals surface area contributed by atoms with Crippen LogP contribution in [0.15, 0.2) is 15.9 Å². The maximum absolute atomic E-state index is 10.1. The Bertz CT molecular complexity index is 408. The number of halogens is 1. The lowest BCUT2D eigenvalue weighted by atomic mass is 9.94. The standard InChI is InChI=1S/C14H20BrNOS/c15-10-7-11(18-9-10)8-16-6-2-4-13(16)12-3-1-5-14(12)17/h7,9,12-14,17H,1-6,8H2. The van der Waals surface area contributed by atoms with E-state index in [1.807, 2.05) is 11.3 Å². The Balaban J connectivity index is 1.67. The third-order valence-electron chi connectivity index (χ3n) is 4.42. The maximum atomic E-state index is 10.1. The molecule has 0 spiro atoms. The first kappa shape index (κ1) is 13.1. The smallest absolute Gasteiger partial charge is 0.0583 e. The first-order valence-corrected chi connectivity index (χ1v) is 8.56. The fourth-order valence-electron chi connectivity index (χ4n) is 3.59. The summed E-state index contributed by atoms with van der Waals surface area (Å²) in [6.45, 7) is 2.26. The van der Waals surface area contributed by atoms with Crippen molar-refractivity contribution >= 4 is 27.3 Å². The summed E-state index contributed by atoms with van der Waals surface area (Å²) in [5.74, 6) is 0.524. The van der Waals surface area contributed by atoms with Crippen LogP contribution in [-0.4, -0.2) is 28.7 Å². The summed E-state index contributed by atoms with van der Waals surface area (Å²) in [5, 5.41) is 12.3. The van der Waals surface area contributed by atoms with Gasteiger partial charge in [0.05, 0.1) is 6.10 Å². The summed E-state index contributed by atoms with van der Waals surface area (Å²) >= 11 is 5.36. The Morgan fingerprint density at radius 3 is 2.89 bits per heavy atom. The van der Waals surface area contributed by atoms with Crippen LogP contribution in [0.4, 0.5) is 0 Å². The zero-order chi connectivity index (χ0) is 12.5. The number of thiophene rings is 1. The predicted molar refractivity (Wildman–Crippen MR) is 78.8 cm³/mol. The average molecular weight is 330 g/mol. The van der Waals surface area contributed by atoms with E-state index in [2.05, 4.69) is 32.3 Å². The Kier molecular flexibility index (Phi) is 4.09. The average Bonchev–Trinajstić information content (AvgIpc) is 3.02. The van der Waals surface area contributed by atoms with Gasteiger partial charge in [-0.1, -0.05) is 6.42 Å². The molecule has 3 unspecified atom stereocenters. The van der Waals surface area contributed by atoms with E-state index in [1.54, 1.807) is 0 Å².